The molecule has 0 heterocycles. The lowest BCUT2D eigenvalue weighted by molar-refractivity contribution is 1.10. The second-order valence-electron chi connectivity index (χ2n) is 5.78. The number of hydrazine groups is 1. The van der Waals surface area contributed by atoms with Gasteiger partial charge in [0.05, 0.1) is 11.4 Å². The van der Waals surface area contributed by atoms with E-state index in [1.807, 2.05) is 66.7 Å². The van der Waals surface area contributed by atoms with Crippen molar-refractivity contribution in [1.82, 2.24) is 5.43 Å². The molecule has 0 saturated heterocycles. The number of thiocarbonyl (C=S) groups is 1. The smallest absolute Gasteiger partial charge is 0.232 e. The highest BCUT2D eigenvalue weighted by Gasteiger charge is 2.01. The molecule has 0 atom stereocenters. The van der Waals surface area contributed by atoms with E-state index in [1.54, 1.807) is 0 Å². The van der Waals surface area contributed by atoms with E-state index < -0.39 is 0 Å². The third kappa shape index (κ3) is 3.38. The molecule has 2 N–H and O–H groups in total. The van der Waals surface area contributed by atoms with Gasteiger partial charge in [0.15, 0.2) is 0 Å². The Kier molecular flexibility index (Phi) is 4.53. The minimum absolute atomic E-state index is 0.269. The zero-order chi connectivity index (χ0) is 17.8. The Morgan fingerprint density at radius 2 is 1.31 bits per heavy atom. The molecule has 4 nitrogen and oxygen atoms in total. The first-order valence-corrected chi connectivity index (χ1v) is 8.65. The molecule has 0 aliphatic heterocycles. The summed E-state index contributed by atoms with van der Waals surface area (Å²) in [5, 5.41) is 13.1. The Morgan fingerprint density at radius 3 is 2.12 bits per heavy atom. The van der Waals surface area contributed by atoms with Crippen LogP contribution in [0.5, 0.6) is 0 Å². The summed E-state index contributed by atoms with van der Waals surface area (Å²) in [5.74, 6) is 0. The molecule has 4 aromatic carbocycles. The molecule has 0 saturated carbocycles. The molecule has 0 spiro atoms. The van der Waals surface area contributed by atoms with Crippen molar-refractivity contribution in [2.75, 3.05) is 5.43 Å². The zero-order valence-electron chi connectivity index (χ0n) is 13.9. The Labute approximate surface area is 156 Å². The number of fused-ring (bicyclic) bond motifs is 2. The summed E-state index contributed by atoms with van der Waals surface area (Å²) in [6.07, 6.45) is 0. The van der Waals surface area contributed by atoms with Gasteiger partial charge >= 0.3 is 0 Å². The zero-order valence-corrected chi connectivity index (χ0v) is 14.7. The van der Waals surface area contributed by atoms with E-state index >= 15 is 0 Å². The molecule has 5 heteroatoms. The average molecular weight is 356 g/mol. The molecule has 4 aromatic rings. The van der Waals surface area contributed by atoms with E-state index in [0.29, 0.717) is 0 Å². The largest absolute Gasteiger partial charge is 0.298 e. The summed E-state index contributed by atoms with van der Waals surface area (Å²) >= 11 is 5.26. The van der Waals surface area contributed by atoms with E-state index in [2.05, 4.69) is 39.3 Å². The number of benzene rings is 4. The molecule has 126 valence electrons. The van der Waals surface area contributed by atoms with Crippen LogP contribution in [0.15, 0.2) is 95.2 Å². The van der Waals surface area contributed by atoms with Crippen molar-refractivity contribution >= 4 is 50.2 Å². The molecule has 0 radical (unpaired) electrons. The highest BCUT2D eigenvalue weighted by molar-refractivity contribution is 7.80. The van der Waals surface area contributed by atoms with Crippen molar-refractivity contribution in [3.8, 4) is 0 Å². The van der Waals surface area contributed by atoms with Crippen LogP contribution >= 0.6 is 12.2 Å². The van der Waals surface area contributed by atoms with E-state index in [4.69, 9.17) is 12.2 Å². The summed E-state index contributed by atoms with van der Waals surface area (Å²) in [6.45, 7) is 0. The van der Waals surface area contributed by atoms with Gasteiger partial charge in [-0.05, 0) is 35.1 Å². The van der Waals surface area contributed by atoms with Gasteiger partial charge in [-0.25, -0.2) is 0 Å². The normalized spacial score (nSPS) is 11.1. The van der Waals surface area contributed by atoms with Crippen LogP contribution < -0.4 is 10.9 Å². The standard InChI is InChI=1S/C21H16N4S/c26-21(24-22-19-13-5-9-15-7-1-3-11-17(15)19)25-23-20-14-6-10-16-8-2-4-12-18(16)20/h1-14,22H,(H,24,26). The van der Waals surface area contributed by atoms with Gasteiger partial charge in [-0.15, -0.1) is 10.2 Å². The minimum Gasteiger partial charge on any atom is -0.298 e. The van der Waals surface area contributed by atoms with Crippen LogP contribution in [0.25, 0.3) is 21.5 Å². The lowest BCUT2D eigenvalue weighted by Crippen LogP contribution is -2.25. The number of nitrogens with one attached hydrogen (secondary N) is 2. The number of anilines is 1. The van der Waals surface area contributed by atoms with Gasteiger partial charge in [0, 0.05) is 10.8 Å². The summed E-state index contributed by atoms with van der Waals surface area (Å²) in [7, 11) is 0. The molecule has 0 aromatic heterocycles. The molecule has 0 aliphatic carbocycles. The first-order chi connectivity index (χ1) is 12.8. The summed E-state index contributed by atoms with van der Waals surface area (Å²) in [6, 6.07) is 28.2. The SMILES string of the molecule is S=C(N=Nc1cccc2ccccc12)NNc1cccc2ccccc12. The Bertz CT molecular complexity index is 1110. The molecule has 0 unspecified atom stereocenters. The number of hydrogen-bond donors (Lipinski definition) is 2. The molecule has 0 aliphatic rings. The van der Waals surface area contributed by atoms with Crippen molar-refractivity contribution in [1.29, 1.82) is 0 Å². The van der Waals surface area contributed by atoms with E-state index in [1.165, 1.54) is 0 Å². The third-order valence-corrected chi connectivity index (χ3v) is 4.29. The average Bonchev–Trinajstić information content (AvgIpc) is 2.70. The van der Waals surface area contributed by atoms with Gasteiger partial charge in [0.25, 0.3) is 0 Å². The topological polar surface area (TPSA) is 48.8 Å². The van der Waals surface area contributed by atoms with Crippen LogP contribution in [0.2, 0.25) is 0 Å². The maximum Gasteiger partial charge on any atom is 0.232 e. The molecular formula is C21H16N4S. The van der Waals surface area contributed by atoms with Crippen molar-refractivity contribution in [3.63, 3.8) is 0 Å². The van der Waals surface area contributed by atoms with Gasteiger partial charge in [0.1, 0.15) is 0 Å². The highest BCUT2D eigenvalue weighted by atomic mass is 32.1. The Hall–Kier alpha value is -3.31. The number of azo groups is 1. The Balaban J connectivity index is 1.49. The van der Waals surface area contributed by atoms with Crippen molar-refractivity contribution < 1.29 is 0 Å². The van der Waals surface area contributed by atoms with Crippen LogP contribution in [-0.2, 0) is 0 Å². The van der Waals surface area contributed by atoms with Crippen LogP contribution in [0.4, 0.5) is 11.4 Å². The third-order valence-electron chi connectivity index (χ3n) is 4.11. The molecule has 26 heavy (non-hydrogen) atoms. The summed E-state index contributed by atoms with van der Waals surface area (Å²) in [4.78, 5) is 0. The fraction of sp³-hybridized carbons (Fsp3) is 0. The molecule has 4 rings (SSSR count). The first-order valence-electron chi connectivity index (χ1n) is 8.24. The number of nitrogens with zero attached hydrogens (tertiary/aromatic N) is 2. The lowest BCUT2D eigenvalue weighted by atomic mass is 10.1. The monoisotopic (exact) mass is 356 g/mol. The predicted molar refractivity (Wildman–Crippen MR) is 112 cm³/mol. The molecule has 0 fully saturated rings. The maximum absolute atomic E-state index is 5.26. The maximum atomic E-state index is 5.26. The fourth-order valence-corrected chi connectivity index (χ4v) is 2.97. The molecular weight excluding hydrogens is 340 g/mol. The second-order valence-corrected chi connectivity index (χ2v) is 6.17. The van der Waals surface area contributed by atoms with Crippen LogP contribution in [-0.4, -0.2) is 5.11 Å². The van der Waals surface area contributed by atoms with Gasteiger partial charge in [0.2, 0.25) is 5.11 Å². The fourth-order valence-electron chi connectivity index (χ4n) is 2.88. The van der Waals surface area contributed by atoms with Gasteiger partial charge in [-0.3, -0.25) is 10.9 Å². The van der Waals surface area contributed by atoms with Gasteiger partial charge < -0.3 is 0 Å². The van der Waals surface area contributed by atoms with E-state index in [9.17, 15) is 0 Å². The van der Waals surface area contributed by atoms with Crippen LogP contribution in [0.3, 0.4) is 0 Å². The Morgan fingerprint density at radius 1 is 0.692 bits per heavy atom. The van der Waals surface area contributed by atoms with E-state index in [0.717, 1.165) is 32.9 Å². The minimum atomic E-state index is 0.269. The predicted octanol–water partition coefficient (Wildman–Crippen LogP) is 5.98. The highest BCUT2D eigenvalue weighted by Crippen LogP contribution is 2.26. The van der Waals surface area contributed by atoms with Gasteiger partial charge in [-0.1, -0.05) is 72.8 Å². The van der Waals surface area contributed by atoms with Crippen LogP contribution in [0, 0.1) is 0 Å². The van der Waals surface area contributed by atoms with Gasteiger partial charge in [-0.2, -0.15) is 0 Å². The molecule has 0 bridgehead atoms. The number of rotatable bonds is 3. The quantitative estimate of drug-likeness (QED) is 0.270. The summed E-state index contributed by atoms with van der Waals surface area (Å²) < 4.78 is 0. The number of hydrogen-bond acceptors (Lipinski definition) is 3. The van der Waals surface area contributed by atoms with Crippen LogP contribution in [0.1, 0.15) is 0 Å². The second kappa shape index (κ2) is 7.29. The first kappa shape index (κ1) is 16.2. The van der Waals surface area contributed by atoms with E-state index in [-0.39, 0.29) is 5.11 Å². The van der Waals surface area contributed by atoms with Crippen molar-refractivity contribution in [2.45, 2.75) is 0 Å². The summed E-state index contributed by atoms with van der Waals surface area (Å²) in [5.41, 5.74) is 7.77. The van der Waals surface area contributed by atoms with Crippen molar-refractivity contribution in [3.05, 3.63) is 84.9 Å². The lowest BCUT2D eigenvalue weighted by Gasteiger charge is -2.10. The molecule has 0 amide bonds. The van der Waals surface area contributed by atoms with Crippen molar-refractivity contribution in [2.24, 2.45) is 10.2 Å².